The molecule has 94 valence electrons. The van der Waals surface area contributed by atoms with E-state index in [0.29, 0.717) is 6.54 Å². The van der Waals surface area contributed by atoms with E-state index in [0.717, 1.165) is 16.8 Å². The zero-order chi connectivity index (χ0) is 13.0. The molecule has 0 spiro atoms. The topological polar surface area (TPSA) is 54.3 Å². The number of hydrogen-bond donors (Lipinski definition) is 2. The molecule has 0 fully saturated rings. The zero-order valence-electron chi connectivity index (χ0n) is 10.5. The van der Waals surface area contributed by atoms with E-state index < -0.39 is 0 Å². The molecule has 2 N–H and O–H groups in total. The van der Waals surface area contributed by atoms with E-state index in [-0.39, 0.29) is 6.03 Å². The largest absolute Gasteiger partial charge is 0.472 e. The van der Waals surface area contributed by atoms with Crippen LogP contribution in [0.25, 0.3) is 0 Å². The number of nitrogens with one attached hydrogen (secondary N) is 2. The van der Waals surface area contributed by atoms with Gasteiger partial charge in [-0.1, -0.05) is 17.7 Å². The number of urea groups is 1. The molecule has 0 atom stereocenters. The number of carbonyl (C=O) groups is 1. The summed E-state index contributed by atoms with van der Waals surface area (Å²) in [6.07, 6.45) is 3.19. The minimum Gasteiger partial charge on any atom is -0.472 e. The number of amides is 2. The summed E-state index contributed by atoms with van der Waals surface area (Å²) in [6, 6.07) is 7.51. The quantitative estimate of drug-likeness (QED) is 0.871. The lowest BCUT2D eigenvalue weighted by molar-refractivity contribution is 0.251. The number of anilines is 1. The Morgan fingerprint density at radius 2 is 2.11 bits per heavy atom. The van der Waals surface area contributed by atoms with Crippen LogP contribution in [-0.4, -0.2) is 6.03 Å². The molecular formula is C14H16N2O2. The Bertz CT molecular complexity index is 533. The molecule has 2 amide bonds. The zero-order valence-corrected chi connectivity index (χ0v) is 10.5. The lowest BCUT2D eigenvalue weighted by Crippen LogP contribution is -2.28. The van der Waals surface area contributed by atoms with Gasteiger partial charge < -0.3 is 15.1 Å². The molecule has 0 saturated carbocycles. The van der Waals surface area contributed by atoms with Crippen molar-refractivity contribution in [2.24, 2.45) is 0 Å². The van der Waals surface area contributed by atoms with Gasteiger partial charge in [0.1, 0.15) is 0 Å². The number of aryl methyl sites for hydroxylation is 2. The third kappa shape index (κ3) is 3.13. The second kappa shape index (κ2) is 5.40. The highest BCUT2D eigenvalue weighted by molar-refractivity contribution is 5.90. The van der Waals surface area contributed by atoms with Crippen LogP contribution < -0.4 is 10.6 Å². The summed E-state index contributed by atoms with van der Waals surface area (Å²) in [4.78, 5) is 11.7. The van der Waals surface area contributed by atoms with Crippen molar-refractivity contribution in [1.82, 2.24) is 5.32 Å². The highest BCUT2D eigenvalue weighted by Crippen LogP contribution is 2.15. The summed E-state index contributed by atoms with van der Waals surface area (Å²) in [6.45, 7) is 4.45. The summed E-state index contributed by atoms with van der Waals surface area (Å²) < 4.78 is 4.93. The molecule has 0 radical (unpaired) electrons. The van der Waals surface area contributed by atoms with E-state index in [1.165, 1.54) is 5.56 Å². The summed E-state index contributed by atoms with van der Waals surface area (Å²) >= 11 is 0. The Kier molecular flexibility index (Phi) is 3.67. The molecule has 2 aromatic rings. The van der Waals surface area contributed by atoms with Crippen molar-refractivity contribution in [2.75, 3.05) is 5.32 Å². The molecule has 0 aliphatic carbocycles. The first-order valence-electron chi connectivity index (χ1n) is 5.78. The number of hydrogen-bond acceptors (Lipinski definition) is 2. The van der Waals surface area contributed by atoms with Gasteiger partial charge in [0.25, 0.3) is 0 Å². The molecule has 1 aromatic carbocycles. The predicted octanol–water partition coefficient (Wildman–Crippen LogP) is 3.22. The van der Waals surface area contributed by atoms with Gasteiger partial charge in [-0.25, -0.2) is 4.79 Å². The smallest absolute Gasteiger partial charge is 0.319 e. The molecule has 0 saturated heterocycles. The van der Waals surface area contributed by atoms with Crippen molar-refractivity contribution in [3.63, 3.8) is 0 Å². The summed E-state index contributed by atoms with van der Waals surface area (Å²) in [5, 5.41) is 5.58. The van der Waals surface area contributed by atoms with Crippen LogP contribution in [0.5, 0.6) is 0 Å². The fourth-order valence-corrected chi connectivity index (χ4v) is 1.70. The minimum absolute atomic E-state index is 0.219. The van der Waals surface area contributed by atoms with Crippen LogP contribution in [-0.2, 0) is 6.54 Å². The van der Waals surface area contributed by atoms with Crippen molar-refractivity contribution in [3.05, 3.63) is 53.5 Å². The van der Waals surface area contributed by atoms with E-state index in [1.54, 1.807) is 12.5 Å². The van der Waals surface area contributed by atoms with Crippen LogP contribution in [0.3, 0.4) is 0 Å². The molecule has 4 heteroatoms. The molecule has 4 nitrogen and oxygen atoms in total. The van der Waals surface area contributed by atoms with Gasteiger partial charge in [0.15, 0.2) is 0 Å². The van der Waals surface area contributed by atoms with Gasteiger partial charge in [-0.2, -0.15) is 0 Å². The summed E-state index contributed by atoms with van der Waals surface area (Å²) in [5.74, 6) is 0. The van der Waals surface area contributed by atoms with E-state index in [9.17, 15) is 4.79 Å². The Morgan fingerprint density at radius 3 is 2.78 bits per heavy atom. The Morgan fingerprint density at radius 1 is 1.28 bits per heavy atom. The van der Waals surface area contributed by atoms with Crippen LogP contribution in [0.15, 0.2) is 41.2 Å². The first-order valence-corrected chi connectivity index (χ1v) is 5.78. The number of rotatable bonds is 3. The predicted molar refractivity (Wildman–Crippen MR) is 70.5 cm³/mol. The van der Waals surface area contributed by atoms with E-state index in [2.05, 4.69) is 10.6 Å². The number of furan rings is 1. The molecule has 1 heterocycles. The van der Waals surface area contributed by atoms with Crippen molar-refractivity contribution in [1.29, 1.82) is 0 Å². The Labute approximate surface area is 106 Å². The molecule has 2 rings (SSSR count). The molecule has 0 aliphatic rings. The maximum absolute atomic E-state index is 11.7. The summed E-state index contributed by atoms with van der Waals surface area (Å²) in [5.41, 5.74) is 3.99. The number of benzene rings is 1. The molecule has 0 aliphatic heterocycles. The lowest BCUT2D eigenvalue weighted by Gasteiger charge is -2.09. The van der Waals surface area contributed by atoms with Crippen LogP contribution >= 0.6 is 0 Å². The van der Waals surface area contributed by atoms with Crippen LogP contribution in [0, 0.1) is 13.8 Å². The van der Waals surface area contributed by atoms with E-state index in [4.69, 9.17) is 4.42 Å². The first-order chi connectivity index (χ1) is 8.65. The minimum atomic E-state index is -0.219. The van der Waals surface area contributed by atoms with Crippen molar-refractivity contribution >= 4 is 11.7 Å². The maximum atomic E-state index is 11.7. The van der Waals surface area contributed by atoms with Gasteiger partial charge in [-0.15, -0.1) is 0 Å². The van der Waals surface area contributed by atoms with Gasteiger partial charge >= 0.3 is 6.03 Å². The SMILES string of the molecule is Cc1ccc(NC(=O)NCc2ccoc2)c(C)c1. The highest BCUT2D eigenvalue weighted by atomic mass is 16.3. The molecule has 0 unspecified atom stereocenters. The fraction of sp³-hybridized carbons (Fsp3) is 0.214. The molecule has 18 heavy (non-hydrogen) atoms. The van der Waals surface area contributed by atoms with Crippen molar-refractivity contribution < 1.29 is 9.21 Å². The first kappa shape index (κ1) is 12.2. The Balaban J connectivity index is 1.91. The lowest BCUT2D eigenvalue weighted by atomic mass is 10.1. The fourth-order valence-electron chi connectivity index (χ4n) is 1.70. The van der Waals surface area contributed by atoms with Gasteiger partial charge in [0.05, 0.1) is 12.5 Å². The standard InChI is InChI=1S/C14H16N2O2/c1-10-3-4-13(11(2)7-10)16-14(17)15-8-12-5-6-18-9-12/h3-7,9H,8H2,1-2H3,(H2,15,16,17). The average Bonchev–Trinajstić information content (AvgIpc) is 2.83. The summed E-state index contributed by atoms with van der Waals surface area (Å²) in [7, 11) is 0. The number of carbonyl (C=O) groups excluding carboxylic acids is 1. The molecule has 1 aromatic heterocycles. The van der Waals surface area contributed by atoms with Crippen molar-refractivity contribution in [2.45, 2.75) is 20.4 Å². The van der Waals surface area contributed by atoms with Crippen LogP contribution in [0.2, 0.25) is 0 Å². The van der Waals surface area contributed by atoms with Gasteiger partial charge in [-0.05, 0) is 31.5 Å². The second-order valence-corrected chi connectivity index (χ2v) is 4.26. The third-order valence-corrected chi connectivity index (χ3v) is 2.66. The van der Waals surface area contributed by atoms with E-state index in [1.807, 2.05) is 38.1 Å². The molecule has 0 bridgehead atoms. The van der Waals surface area contributed by atoms with Gasteiger partial charge in [-0.3, -0.25) is 0 Å². The monoisotopic (exact) mass is 244 g/mol. The average molecular weight is 244 g/mol. The van der Waals surface area contributed by atoms with Crippen LogP contribution in [0.4, 0.5) is 10.5 Å². The normalized spacial score (nSPS) is 10.1. The highest BCUT2D eigenvalue weighted by Gasteiger charge is 2.04. The van der Waals surface area contributed by atoms with Gasteiger partial charge in [0.2, 0.25) is 0 Å². The van der Waals surface area contributed by atoms with Crippen LogP contribution in [0.1, 0.15) is 16.7 Å². The maximum Gasteiger partial charge on any atom is 0.319 e. The van der Waals surface area contributed by atoms with Gasteiger partial charge in [0, 0.05) is 17.8 Å². The van der Waals surface area contributed by atoms with E-state index >= 15 is 0 Å². The molecular weight excluding hydrogens is 228 g/mol. The Hall–Kier alpha value is -2.23. The van der Waals surface area contributed by atoms with Crippen molar-refractivity contribution in [3.8, 4) is 0 Å². The third-order valence-electron chi connectivity index (χ3n) is 2.66. The second-order valence-electron chi connectivity index (χ2n) is 4.26.